The summed E-state index contributed by atoms with van der Waals surface area (Å²) in [5.74, 6) is 2.45. The van der Waals surface area contributed by atoms with Crippen molar-refractivity contribution in [2.24, 2.45) is 5.92 Å². The van der Waals surface area contributed by atoms with Crippen LogP contribution in [-0.2, 0) is 18.6 Å². The highest BCUT2D eigenvalue weighted by Gasteiger charge is 2.24. The Bertz CT molecular complexity index is 1100. The molecule has 2 atom stereocenters. The molecule has 7 nitrogen and oxygen atoms in total. The fourth-order valence-electron chi connectivity index (χ4n) is 3.61. The molecule has 9 heteroatoms. The molecule has 1 heterocycles. The summed E-state index contributed by atoms with van der Waals surface area (Å²) in [4.78, 5) is 0. The maximum Gasteiger partial charge on any atom is 0.125 e. The molecule has 0 spiro atoms. The van der Waals surface area contributed by atoms with Gasteiger partial charge in [0.15, 0.2) is 0 Å². The van der Waals surface area contributed by atoms with E-state index in [4.69, 9.17) is 21.1 Å². The molecular formula is C26H33ClIN3O4. The zero-order chi connectivity index (χ0) is 25.6. The molecule has 2 aromatic carbocycles. The molecule has 190 valence electrons. The van der Waals surface area contributed by atoms with Gasteiger partial charge in [0, 0.05) is 17.2 Å². The number of alkyl halides is 1. The Morgan fingerprint density at radius 1 is 1.09 bits per heavy atom. The SMILES string of the molecule is Cc1cc(C(C)(C)c2ccc(OCC(O)Cn3nnc(CO)c3I)cc2)ccc1OCC(C)CCl. The molecule has 0 fully saturated rings. The minimum Gasteiger partial charge on any atom is -0.493 e. The molecule has 0 saturated carbocycles. The summed E-state index contributed by atoms with van der Waals surface area (Å²) < 4.78 is 14.0. The minimum atomic E-state index is -0.760. The van der Waals surface area contributed by atoms with Crippen molar-refractivity contribution in [2.45, 2.75) is 52.4 Å². The van der Waals surface area contributed by atoms with Crippen molar-refractivity contribution >= 4 is 34.2 Å². The summed E-state index contributed by atoms with van der Waals surface area (Å²) in [6.07, 6.45) is -0.760. The van der Waals surface area contributed by atoms with Crippen molar-refractivity contribution in [1.82, 2.24) is 15.0 Å². The molecule has 35 heavy (non-hydrogen) atoms. The molecular weight excluding hydrogens is 581 g/mol. The number of benzene rings is 2. The zero-order valence-corrected chi connectivity index (χ0v) is 23.5. The van der Waals surface area contributed by atoms with E-state index < -0.39 is 6.10 Å². The quantitative estimate of drug-likeness (QED) is 0.227. The number of aryl methyl sites for hydroxylation is 1. The average molecular weight is 614 g/mol. The lowest BCUT2D eigenvalue weighted by atomic mass is 9.77. The van der Waals surface area contributed by atoms with Crippen LogP contribution in [0.5, 0.6) is 11.5 Å². The van der Waals surface area contributed by atoms with Crippen molar-refractivity contribution in [3.05, 3.63) is 68.5 Å². The highest BCUT2D eigenvalue weighted by molar-refractivity contribution is 14.1. The summed E-state index contributed by atoms with van der Waals surface area (Å²) in [5, 5.41) is 27.4. The third-order valence-electron chi connectivity index (χ3n) is 5.97. The van der Waals surface area contributed by atoms with Gasteiger partial charge in [-0.25, -0.2) is 4.68 Å². The highest BCUT2D eigenvalue weighted by Crippen LogP contribution is 2.34. The van der Waals surface area contributed by atoms with E-state index in [2.05, 4.69) is 84.9 Å². The average Bonchev–Trinajstić information content (AvgIpc) is 3.20. The number of rotatable bonds is 12. The number of ether oxygens (including phenoxy) is 2. The molecule has 2 unspecified atom stereocenters. The monoisotopic (exact) mass is 613 g/mol. The maximum absolute atomic E-state index is 10.3. The Labute approximate surface area is 225 Å². The van der Waals surface area contributed by atoms with Gasteiger partial charge < -0.3 is 19.7 Å². The van der Waals surface area contributed by atoms with E-state index in [-0.39, 0.29) is 25.2 Å². The predicted molar refractivity (Wildman–Crippen MR) is 145 cm³/mol. The van der Waals surface area contributed by atoms with E-state index >= 15 is 0 Å². The smallest absolute Gasteiger partial charge is 0.125 e. The van der Waals surface area contributed by atoms with Crippen LogP contribution in [0.1, 0.15) is 43.2 Å². The van der Waals surface area contributed by atoms with Crippen LogP contribution in [-0.4, -0.2) is 50.4 Å². The Morgan fingerprint density at radius 2 is 1.77 bits per heavy atom. The van der Waals surface area contributed by atoms with Gasteiger partial charge in [0.25, 0.3) is 0 Å². The minimum absolute atomic E-state index is 0.121. The number of halogens is 2. The number of hydrogen-bond donors (Lipinski definition) is 2. The Balaban J connectivity index is 1.60. The van der Waals surface area contributed by atoms with Gasteiger partial charge in [-0.3, -0.25) is 0 Å². The molecule has 2 N–H and O–H groups in total. The van der Waals surface area contributed by atoms with Crippen LogP contribution in [0.3, 0.4) is 0 Å². The highest BCUT2D eigenvalue weighted by atomic mass is 127. The molecule has 0 radical (unpaired) electrons. The predicted octanol–water partition coefficient (Wildman–Crippen LogP) is 4.70. The Morgan fingerprint density at radius 3 is 2.37 bits per heavy atom. The first-order chi connectivity index (χ1) is 16.6. The Kier molecular flexibility index (Phi) is 9.80. The second-order valence-corrected chi connectivity index (χ2v) is 10.7. The van der Waals surface area contributed by atoms with Gasteiger partial charge in [-0.1, -0.05) is 50.3 Å². The van der Waals surface area contributed by atoms with E-state index in [1.54, 1.807) is 4.68 Å². The van der Waals surface area contributed by atoms with Crippen LogP contribution in [0.4, 0.5) is 0 Å². The third-order valence-corrected chi connectivity index (χ3v) is 7.68. The summed E-state index contributed by atoms with van der Waals surface area (Å²) >= 11 is 7.94. The van der Waals surface area contributed by atoms with E-state index in [1.807, 2.05) is 18.2 Å². The van der Waals surface area contributed by atoms with Crippen molar-refractivity contribution in [3.8, 4) is 11.5 Å². The molecule has 0 bridgehead atoms. The number of aliphatic hydroxyl groups excluding tert-OH is 2. The first-order valence-electron chi connectivity index (χ1n) is 11.6. The molecule has 0 aliphatic carbocycles. The lowest BCUT2D eigenvalue weighted by Crippen LogP contribution is -2.25. The van der Waals surface area contributed by atoms with E-state index in [9.17, 15) is 10.2 Å². The number of aromatic nitrogens is 3. The topological polar surface area (TPSA) is 89.6 Å². The summed E-state index contributed by atoms with van der Waals surface area (Å²) in [6.45, 7) is 9.29. The largest absolute Gasteiger partial charge is 0.493 e. The van der Waals surface area contributed by atoms with E-state index in [0.717, 1.165) is 16.9 Å². The lowest BCUT2D eigenvalue weighted by molar-refractivity contribution is 0.0881. The third kappa shape index (κ3) is 7.09. The zero-order valence-electron chi connectivity index (χ0n) is 20.5. The second-order valence-electron chi connectivity index (χ2n) is 9.33. The first-order valence-corrected chi connectivity index (χ1v) is 13.2. The molecule has 0 aliphatic rings. The van der Waals surface area contributed by atoms with Gasteiger partial charge in [-0.05, 0) is 64.4 Å². The Hall–Kier alpha value is -1.88. The van der Waals surface area contributed by atoms with Crippen LogP contribution in [0.25, 0.3) is 0 Å². The van der Waals surface area contributed by atoms with Crippen molar-refractivity contribution in [2.75, 3.05) is 19.1 Å². The van der Waals surface area contributed by atoms with Crippen molar-refractivity contribution < 1.29 is 19.7 Å². The summed E-state index contributed by atoms with van der Waals surface area (Å²) in [7, 11) is 0. The van der Waals surface area contributed by atoms with Gasteiger partial charge in [0.05, 0.1) is 19.8 Å². The van der Waals surface area contributed by atoms with Crippen LogP contribution in [0, 0.1) is 16.5 Å². The maximum atomic E-state index is 10.3. The van der Waals surface area contributed by atoms with Crippen LogP contribution in [0.15, 0.2) is 42.5 Å². The molecule has 3 rings (SSSR count). The van der Waals surface area contributed by atoms with Crippen molar-refractivity contribution in [1.29, 1.82) is 0 Å². The second kappa shape index (κ2) is 12.4. The van der Waals surface area contributed by atoms with Crippen LogP contribution >= 0.6 is 34.2 Å². The van der Waals surface area contributed by atoms with Gasteiger partial charge >= 0.3 is 0 Å². The van der Waals surface area contributed by atoms with Gasteiger partial charge in [-0.2, -0.15) is 0 Å². The fourth-order valence-corrected chi connectivity index (χ4v) is 4.27. The summed E-state index contributed by atoms with van der Waals surface area (Å²) in [5.41, 5.74) is 3.73. The standard InChI is InChI=1S/C26H33ClIN3O4/c1-17(12-27)15-35-24-10-7-20(11-18(24)2)26(3,4)19-5-8-22(9-6-19)34-16-21(33)13-31-25(28)23(14-32)29-30-31/h5-11,17,21,32-33H,12-16H2,1-4H3. The van der Waals surface area contributed by atoms with Gasteiger partial charge in [-0.15, -0.1) is 16.7 Å². The van der Waals surface area contributed by atoms with Gasteiger partial charge in [0.2, 0.25) is 0 Å². The first kappa shape index (κ1) is 27.7. The molecule has 1 aromatic heterocycles. The lowest BCUT2D eigenvalue weighted by Gasteiger charge is -2.27. The van der Waals surface area contributed by atoms with E-state index in [0.29, 0.717) is 33.5 Å². The summed E-state index contributed by atoms with van der Waals surface area (Å²) in [6, 6.07) is 14.3. The number of aliphatic hydroxyl groups is 2. The fraction of sp³-hybridized carbons (Fsp3) is 0.462. The van der Waals surface area contributed by atoms with Crippen LogP contribution < -0.4 is 9.47 Å². The normalized spacial score (nSPS) is 13.5. The number of hydrogen-bond acceptors (Lipinski definition) is 6. The molecule has 0 saturated heterocycles. The van der Waals surface area contributed by atoms with Crippen LogP contribution in [0.2, 0.25) is 0 Å². The van der Waals surface area contributed by atoms with Gasteiger partial charge in [0.1, 0.15) is 33.6 Å². The molecule has 0 amide bonds. The molecule has 0 aliphatic heterocycles. The molecule has 3 aromatic rings. The van der Waals surface area contributed by atoms with E-state index in [1.165, 1.54) is 5.56 Å². The number of nitrogens with zero attached hydrogens (tertiary/aromatic N) is 3. The van der Waals surface area contributed by atoms with Crippen molar-refractivity contribution in [3.63, 3.8) is 0 Å².